The molecule has 7 nitrogen and oxygen atoms in total. The van der Waals surface area contributed by atoms with Gasteiger partial charge in [0.25, 0.3) is 0 Å². The molecule has 4 aromatic rings. The van der Waals surface area contributed by atoms with Gasteiger partial charge >= 0.3 is 0 Å². The zero-order valence-corrected chi connectivity index (χ0v) is 20.9. The summed E-state index contributed by atoms with van der Waals surface area (Å²) in [5, 5.41) is 37.7. The van der Waals surface area contributed by atoms with Gasteiger partial charge in [0.2, 0.25) is 0 Å². The number of carbonyl (C=O) groups excluding carboxylic acids is 1. The summed E-state index contributed by atoms with van der Waals surface area (Å²) in [6.45, 7) is 0. The van der Waals surface area contributed by atoms with Crippen molar-refractivity contribution in [2.75, 3.05) is 14.2 Å². The second-order valence-corrected chi connectivity index (χ2v) is 8.04. The molecular formula is C31H28O7. The summed E-state index contributed by atoms with van der Waals surface area (Å²) in [6, 6.07) is 23.5. The van der Waals surface area contributed by atoms with Gasteiger partial charge in [0.05, 0.1) is 14.2 Å². The van der Waals surface area contributed by atoms with Gasteiger partial charge in [-0.3, -0.25) is 4.79 Å². The minimum atomic E-state index is -0.337. The van der Waals surface area contributed by atoms with E-state index in [1.54, 1.807) is 54.6 Å². The van der Waals surface area contributed by atoms with E-state index in [-0.39, 0.29) is 40.1 Å². The highest BCUT2D eigenvalue weighted by atomic mass is 16.5. The highest BCUT2D eigenvalue weighted by molar-refractivity contribution is 6.10. The number of hydrogen-bond acceptors (Lipinski definition) is 7. The first-order valence-electron chi connectivity index (χ1n) is 11.5. The number of allylic oxidation sites excluding steroid dienone is 1. The van der Waals surface area contributed by atoms with E-state index in [4.69, 9.17) is 14.6 Å². The average molecular weight is 513 g/mol. The van der Waals surface area contributed by atoms with Crippen LogP contribution in [0.3, 0.4) is 0 Å². The van der Waals surface area contributed by atoms with Crippen LogP contribution in [0.2, 0.25) is 0 Å². The number of benzene rings is 4. The van der Waals surface area contributed by atoms with Crippen LogP contribution in [0.15, 0.2) is 91.0 Å². The zero-order chi connectivity index (χ0) is 27.5. The van der Waals surface area contributed by atoms with E-state index < -0.39 is 0 Å². The molecule has 4 rings (SSSR count). The highest BCUT2D eigenvalue weighted by Gasteiger charge is 2.17. The number of ether oxygens (including phenoxy) is 2. The normalized spacial score (nSPS) is 10.7. The lowest BCUT2D eigenvalue weighted by atomic mass is 10.1. The van der Waals surface area contributed by atoms with Crippen LogP contribution >= 0.6 is 0 Å². The predicted molar refractivity (Wildman–Crippen MR) is 148 cm³/mol. The van der Waals surface area contributed by atoms with Crippen molar-refractivity contribution in [2.24, 2.45) is 0 Å². The van der Waals surface area contributed by atoms with Crippen molar-refractivity contribution in [2.45, 2.75) is 0 Å². The first-order valence-corrected chi connectivity index (χ1v) is 11.5. The molecule has 7 heteroatoms. The Bertz CT molecular complexity index is 1400. The van der Waals surface area contributed by atoms with Crippen LogP contribution in [-0.4, -0.2) is 40.4 Å². The number of methoxy groups -OCH3 is 2. The van der Waals surface area contributed by atoms with E-state index in [9.17, 15) is 20.1 Å². The fourth-order valence-electron chi connectivity index (χ4n) is 3.41. The molecule has 194 valence electrons. The van der Waals surface area contributed by atoms with Crippen molar-refractivity contribution >= 4 is 24.0 Å². The maximum Gasteiger partial charge on any atom is 0.193 e. The molecule has 0 aliphatic rings. The predicted octanol–water partition coefficient (Wildman–Crippen LogP) is 6.28. The third-order valence-corrected chi connectivity index (χ3v) is 5.27. The molecule has 0 aliphatic heterocycles. The molecule has 0 radical (unpaired) electrons. The zero-order valence-electron chi connectivity index (χ0n) is 20.9. The van der Waals surface area contributed by atoms with Crippen LogP contribution < -0.4 is 9.47 Å². The van der Waals surface area contributed by atoms with E-state index in [1.807, 2.05) is 36.4 Å². The summed E-state index contributed by atoms with van der Waals surface area (Å²) >= 11 is 0. The lowest BCUT2D eigenvalue weighted by molar-refractivity contribution is 0.104. The Hall–Kier alpha value is -5.17. The molecule has 0 heterocycles. The topological polar surface area (TPSA) is 116 Å². The molecule has 0 bridgehead atoms. The first kappa shape index (κ1) is 27.4. The molecule has 0 fully saturated rings. The molecule has 0 spiro atoms. The van der Waals surface area contributed by atoms with Crippen LogP contribution in [0.1, 0.15) is 27.0 Å². The van der Waals surface area contributed by atoms with Crippen molar-refractivity contribution in [1.29, 1.82) is 0 Å². The Kier molecular flexibility index (Phi) is 9.54. The molecule has 4 aromatic carbocycles. The average Bonchev–Trinajstić information content (AvgIpc) is 2.91. The largest absolute Gasteiger partial charge is 0.508 e. The molecule has 0 amide bonds. The Balaban J connectivity index is 0.000000215. The Morgan fingerprint density at radius 1 is 0.632 bits per heavy atom. The molecular weight excluding hydrogens is 484 g/mol. The van der Waals surface area contributed by atoms with Crippen molar-refractivity contribution in [3.63, 3.8) is 0 Å². The van der Waals surface area contributed by atoms with E-state index in [0.29, 0.717) is 11.3 Å². The van der Waals surface area contributed by atoms with Gasteiger partial charge < -0.3 is 29.9 Å². The van der Waals surface area contributed by atoms with Gasteiger partial charge in [-0.2, -0.15) is 0 Å². The van der Waals surface area contributed by atoms with Crippen molar-refractivity contribution in [3.8, 4) is 34.5 Å². The summed E-state index contributed by atoms with van der Waals surface area (Å²) < 4.78 is 10.2. The van der Waals surface area contributed by atoms with Gasteiger partial charge in [-0.05, 0) is 47.0 Å². The summed E-state index contributed by atoms with van der Waals surface area (Å²) in [5.41, 5.74) is 2.64. The van der Waals surface area contributed by atoms with Crippen molar-refractivity contribution in [3.05, 3.63) is 113 Å². The van der Waals surface area contributed by atoms with E-state index in [1.165, 1.54) is 32.4 Å². The van der Waals surface area contributed by atoms with E-state index in [2.05, 4.69) is 0 Å². The van der Waals surface area contributed by atoms with E-state index in [0.717, 1.165) is 11.1 Å². The van der Waals surface area contributed by atoms with Crippen LogP contribution in [-0.2, 0) is 0 Å². The summed E-state index contributed by atoms with van der Waals surface area (Å²) in [5.74, 6) is 0.454. The van der Waals surface area contributed by atoms with Crippen LogP contribution in [0.4, 0.5) is 0 Å². The van der Waals surface area contributed by atoms with Gasteiger partial charge in [-0.25, -0.2) is 0 Å². The Morgan fingerprint density at radius 2 is 1.24 bits per heavy atom. The van der Waals surface area contributed by atoms with Crippen molar-refractivity contribution in [1.82, 2.24) is 0 Å². The summed E-state index contributed by atoms with van der Waals surface area (Å²) in [7, 11) is 2.91. The van der Waals surface area contributed by atoms with Crippen LogP contribution in [0.25, 0.3) is 18.2 Å². The minimum absolute atomic E-state index is 0.0235. The number of phenols is 4. The summed E-state index contributed by atoms with van der Waals surface area (Å²) in [6.07, 6.45) is 6.68. The smallest absolute Gasteiger partial charge is 0.193 e. The Morgan fingerprint density at radius 3 is 1.84 bits per heavy atom. The minimum Gasteiger partial charge on any atom is -0.508 e. The van der Waals surface area contributed by atoms with Gasteiger partial charge in [0.15, 0.2) is 5.78 Å². The molecule has 0 unspecified atom stereocenters. The third-order valence-electron chi connectivity index (χ3n) is 5.27. The number of ketones is 1. The Labute approximate surface area is 220 Å². The monoisotopic (exact) mass is 512 g/mol. The fraction of sp³-hybridized carbons (Fsp3) is 0.0645. The van der Waals surface area contributed by atoms with Gasteiger partial charge in [-0.1, -0.05) is 60.7 Å². The first-order chi connectivity index (χ1) is 18.3. The molecule has 38 heavy (non-hydrogen) atoms. The number of carbonyl (C=O) groups is 1. The quantitative estimate of drug-likeness (QED) is 0.131. The second-order valence-electron chi connectivity index (χ2n) is 8.04. The number of rotatable bonds is 7. The molecule has 0 aromatic heterocycles. The molecule has 0 saturated heterocycles. The lowest BCUT2D eigenvalue weighted by Gasteiger charge is -2.10. The molecule has 0 aliphatic carbocycles. The van der Waals surface area contributed by atoms with Gasteiger partial charge in [0, 0.05) is 18.2 Å². The molecule has 0 saturated carbocycles. The van der Waals surface area contributed by atoms with E-state index >= 15 is 0 Å². The van der Waals surface area contributed by atoms with Crippen molar-refractivity contribution < 1.29 is 34.7 Å². The molecule has 4 N–H and O–H groups in total. The number of hydrogen-bond donors (Lipinski definition) is 4. The van der Waals surface area contributed by atoms with Crippen LogP contribution in [0, 0.1) is 0 Å². The standard InChI is InChI=1S/C17H16O4.C14H12O3/c1-20-13-10-15(19)17(16(11-13)21-2)14(18)9-8-12-6-4-3-5-7-12;15-12-5-3-10(4-6-12)1-2-11-7-13(16)9-14(17)8-11/h3-11,19H,1-2H3;1-9,15-17H. The second kappa shape index (κ2) is 13.2. The van der Waals surface area contributed by atoms with Crippen LogP contribution in [0.5, 0.6) is 34.5 Å². The number of phenolic OH excluding ortho intramolecular Hbond substituents is 4. The number of aromatic hydroxyl groups is 4. The van der Waals surface area contributed by atoms with Gasteiger partial charge in [0.1, 0.15) is 40.1 Å². The maximum atomic E-state index is 12.3. The third kappa shape index (κ3) is 7.93. The van der Waals surface area contributed by atoms with Gasteiger partial charge in [-0.15, -0.1) is 0 Å². The fourth-order valence-corrected chi connectivity index (χ4v) is 3.41. The SMILES string of the molecule is COc1cc(O)c(C(=O)C=Cc2ccccc2)c(OC)c1.Oc1ccc(C=Cc2cc(O)cc(O)c2)cc1. The summed E-state index contributed by atoms with van der Waals surface area (Å²) in [4.78, 5) is 12.3. The lowest BCUT2D eigenvalue weighted by Crippen LogP contribution is -2.00. The molecule has 0 atom stereocenters. The highest BCUT2D eigenvalue weighted by Crippen LogP contribution is 2.34. The maximum absolute atomic E-state index is 12.3.